The molecule has 1 amide bonds. The summed E-state index contributed by atoms with van der Waals surface area (Å²) < 4.78 is 22.6. The summed E-state index contributed by atoms with van der Waals surface area (Å²) in [4.78, 5) is 13.1. The molecule has 0 radical (unpaired) electrons. The van der Waals surface area contributed by atoms with Crippen molar-refractivity contribution >= 4 is 37.0 Å². The number of hydrogen-bond donors (Lipinski definition) is 1. The fraction of sp³-hybridized carbons (Fsp3) is 0.643. The Bertz CT molecular complexity index is 662. The third-order valence-corrected chi connectivity index (χ3v) is 8.27. The Labute approximate surface area is 134 Å². The van der Waals surface area contributed by atoms with Crippen LogP contribution in [-0.4, -0.2) is 14.3 Å². The Hall–Kier alpha value is -0.590. The van der Waals surface area contributed by atoms with Gasteiger partial charge in [-0.1, -0.05) is 27.7 Å². The second kappa shape index (κ2) is 4.96. The summed E-state index contributed by atoms with van der Waals surface area (Å²) >= 11 is 1.09. The molecule has 1 saturated carbocycles. The van der Waals surface area contributed by atoms with Crippen LogP contribution in [-0.2, 0) is 13.8 Å². The van der Waals surface area contributed by atoms with Crippen molar-refractivity contribution in [1.82, 2.24) is 5.32 Å². The van der Waals surface area contributed by atoms with Crippen molar-refractivity contribution in [3.8, 4) is 0 Å². The summed E-state index contributed by atoms with van der Waals surface area (Å²) in [7, 11) is 1.61. The Morgan fingerprint density at radius 2 is 1.81 bits per heavy atom. The molecule has 1 aromatic heterocycles. The number of rotatable bonds is 4. The summed E-state index contributed by atoms with van der Waals surface area (Å²) in [5.74, 6) is -0.00942. The molecule has 1 fully saturated rings. The van der Waals surface area contributed by atoms with Gasteiger partial charge in [-0.05, 0) is 29.9 Å². The van der Waals surface area contributed by atoms with E-state index in [1.54, 1.807) is 6.07 Å². The van der Waals surface area contributed by atoms with Gasteiger partial charge in [0.1, 0.15) is 4.21 Å². The fourth-order valence-corrected chi connectivity index (χ4v) is 5.01. The van der Waals surface area contributed by atoms with Gasteiger partial charge in [0.25, 0.3) is 9.05 Å². The van der Waals surface area contributed by atoms with Crippen molar-refractivity contribution in [2.24, 2.45) is 16.7 Å². The van der Waals surface area contributed by atoms with E-state index in [9.17, 15) is 13.2 Å². The summed E-state index contributed by atoms with van der Waals surface area (Å²) in [6.07, 6.45) is 0. The van der Waals surface area contributed by atoms with Crippen LogP contribution in [0.4, 0.5) is 0 Å². The standard InChI is InChI=1S/C14H20ClNO3S2/c1-8(9-6-7-10(20-9)21(15,18)19)16-12(17)11-13(2,3)14(11,4)5/h6-8,11H,1-5H3,(H,16,17). The van der Waals surface area contributed by atoms with Crippen molar-refractivity contribution in [3.05, 3.63) is 17.0 Å². The molecule has 118 valence electrons. The normalized spacial score (nSPS) is 21.8. The van der Waals surface area contributed by atoms with Crippen LogP contribution in [0.25, 0.3) is 0 Å². The minimum absolute atomic E-state index is 0.0150. The van der Waals surface area contributed by atoms with E-state index in [-0.39, 0.29) is 32.9 Å². The minimum Gasteiger partial charge on any atom is -0.348 e. The van der Waals surface area contributed by atoms with Gasteiger partial charge in [0.05, 0.1) is 6.04 Å². The lowest BCUT2D eigenvalue weighted by Crippen LogP contribution is -2.29. The maximum absolute atomic E-state index is 12.4. The van der Waals surface area contributed by atoms with Crippen LogP contribution in [0.15, 0.2) is 16.3 Å². The monoisotopic (exact) mass is 349 g/mol. The highest BCUT2D eigenvalue weighted by molar-refractivity contribution is 8.15. The Morgan fingerprint density at radius 1 is 1.29 bits per heavy atom. The summed E-state index contributed by atoms with van der Waals surface area (Å²) in [6.45, 7) is 10.2. The van der Waals surface area contributed by atoms with Crippen LogP contribution in [0.3, 0.4) is 0 Å². The van der Waals surface area contributed by atoms with E-state index >= 15 is 0 Å². The van der Waals surface area contributed by atoms with Crippen molar-refractivity contribution in [2.45, 2.75) is 44.9 Å². The van der Waals surface area contributed by atoms with Gasteiger partial charge in [0, 0.05) is 21.5 Å². The molecule has 0 bridgehead atoms. The molecule has 1 aliphatic rings. The molecule has 7 heteroatoms. The zero-order valence-corrected chi connectivity index (χ0v) is 15.1. The molecule has 1 heterocycles. The third-order valence-electron chi connectivity index (χ3n) is 4.91. The SMILES string of the molecule is CC(NC(=O)C1C(C)(C)C1(C)C)c1ccc(S(=O)(=O)Cl)s1. The lowest BCUT2D eigenvalue weighted by atomic mass is 10.0. The third kappa shape index (κ3) is 2.85. The molecule has 1 unspecified atom stereocenters. The first-order chi connectivity index (χ1) is 9.39. The summed E-state index contributed by atoms with van der Waals surface area (Å²) in [5, 5.41) is 2.97. The van der Waals surface area contributed by atoms with Crippen molar-refractivity contribution in [2.75, 3.05) is 0 Å². The number of halogens is 1. The Balaban J connectivity index is 2.08. The molecule has 0 spiro atoms. The maximum atomic E-state index is 12.4. The molecule has 1 N–H and O–H groups in total. The lowest BCUT2D eigenvalue weighted by molar-refractivity contribution is -0.124. The molecule has 1 atom stereocenters. The van der Waals surface area contributed by atoms with Crippen LogP contribution in [0, 0.1) is 16.7 Å². The quantitative estimate of drug-likeness (QED) is 0.846. The van der Waals surface area contributed by atoms with Crippen LogP contribution in [0.1, 0.15) is 45.5 Å². The minimum atomic E-state index is -3.71. The molecule has 0 aromatic carbocycles. The van der Waals surface area contributed by atoms with E-state index in [1.807, 2.05) is 6.92 Å². The van der Waals surface area contributed by atoms with E-state index in [1.165, 1.54) is 6.07 Å². The molecular formula is C14H20ClNO3S2. The summed E-state index contributed by atoms with van der Waals surface area (Å²) in [5.41, 5.74) is -0.0339. The first-order valence-electron chi connectivity index (χ1n) is 6.74. The number of carbonyl (C=O) groups excluding carboxylic acids is 1. The molecule has 4 nitrogen and oxygen atoms in total. The fourth-order valence-electron chi connectivity index (χ4n) is 2.92. The summed E-state index contributed by atoms with van der Waals surface area (Å²) in [6, 6.07) is 2.92. The van der Waals surface area contributed by atoms with Gasteiger partial charge in [-0.25, -0.2) is 8.42 Å². The Kier molecular flexibility index (Phi) is 3.96. The lowest BCUT2D eigenvalue weighted by Gasteiger charge is -2.13. The van der Waals surface area contributed by atoms with Crippen LogP contribution in [0.5, 0.6) is 0 Å². The number of thiophene rings is 1. The van der Waals surface area contributed by atoms with E-state index in [0.717, 1.165) is 16.2 Å². The highest BCUT2D eigenvalue weighted by atomic mass is 35.7. The van der Waals surface area contributed by atoms with Crippen molar-refractivity contribution < 1.29 is 13.2 Å². The molecule has 2 rings (SSSR count). The van der Waals surface area contributed by atoms with E-state index in [0.29, 0.717) is 0 Å². The number of amides is 1. The van der Waals surface area contributed by atoms with Gasteiger partial charge in [0.2, 0.25) is 5.91 Å². The zero-order valence-electron chi connectivity index (χ0n) is 12.7. The van der Waals surface area contributed by atoms with Crippen molar-refractivity contribution in [3.63, 3.8) is 0 Å². The largest absolute Gasteiger partial charge is 0.348 e. The van der Waals surface area contributed by atoms with Crippen molar-refractivity contribution in [1.29, 1.82) is 0 Å². The predicted molar refractivity (Wildman–Crippen MR) is 85.0 cm³/mol. The first-order valence-corrected chi connectivity index (χ1v) is 9.86. The molecule has 1 aromatic rings. The van der Waals surface area contributed by atoms with Gasteiger partial charge < -0.3 is 5.32 Å². The number of carbonyl (C=O) groups is 1. The highest BCUT2D eigenvalue weighted by Gasteiger charge is 2.68. The molecule has 21 heavy (non-hydrogen) atoms. The van der Waals surface area contributed by atoms with Gasteiger partial charge in [0.15, 0.2) is 0 Å². The van der Waals surface area contributed by atoms with Crippen LogP contribution < -0.4 is 5.32 Å². The first kappa shape index (κ1) is 16.8. The topological polar surface area (TPSA) is 63.2 Å². The van der Waals surface area contributed by atoms with Gasteiger partial charge in [-0.2, -0.15) is 0 Å². The van der Waals surface area contributed by atoms with Crippen LogP contribution >= 0.6 is 22.0 Å². The second-order valence-corrected chi connectivity index (χ2v) is 10.6. The van der Waals surface area contributed by atoms with Crippen LogP contribution in [0.2, 0.25) is 0 Å². The van der Waals surface area contributed by atoms with Gasteiger partial charge in [-0.15, -0.1) is 11.3 Å². The molecule has 1 aliphatic carbocycles. The number of hydrogen-bond acceptors (Lipinski definition) is 4. The molecule has 0 aliphatic heterocycles. The van der Waals surface area contributed by atoms with Gasteiger partial charge >= 0.3 is 0 Å². The van der Waals surface area contributed by atoms with Gasteiger partial charge in [-0.3, -0.25) is 4.79 Å². The average Bonchev–Trinajstić information content (AvgIpc) is 2.69. The smallest absolute Gasteiger partial charge is 0.270 e. The Morgan fingerprint density at radius 3 is 2.19 bits per heavy atom. The zero-order chi connectivity index (χ0) is 16.2. The van der Waals surface area contributed by atoms with E-state index in [4.69, 9.17) is 10.7 Å². The highest BCUT2D eigenvalue weighted by Crippen LogP contribution is 2.68. The molecular weight excluding hydrogens is 330 g/mol. The predicted octanol–water partition coefficient (Wildman–Crippen LogP) is 3.54. The number of nitrogens with one attached hydrogen (secondary N) is 1. The van der Waals surface area contributed by atoms with E-state index in [2.05, 4.69) is 33.0 Å². The second-order valence-electron chi connectivity index (χ2n) is 6.70. The maximum Gasteiger partial charge on any atom is 0.270 e. The average molecular weight is 350 g/mol. The van der Waals surface area contributed by atoms with E-state index < -0.39 is 9.05 Å². The molecule has 0 saturated heterocycles.